The van der Waals surface area contributed by atoms with Gasteiger partial charge < -0.3 is 31.1 Å². The van der Waals surface area contributed by atoms with Crippen molar-refractivity contribution in [2.45, 2.75) is 30.6 Å². The highest BCUT2D eigenvalue weighted by Crippen LogP contribution is 2.19. The van der Waals surface area contributed by atoms with Crippen molar-refractivity contribution in [3.63, 3.8) is 0 Å². The van der Waals surface area contributed by atoms with Gasteiger partial charge in [0.1, 0.15) is 24.5 Å². The van der Waals surface area contributed by atoms with Crippen molar-refractivity contribution < 1.29 is 24.9 Å². The molecule has 1 amide bonds. The van der Waals surface area contributed by atoms with Crippen molar-refractivity contribution in [3.05, 3.63) is 22.4 Å². The standard InChI is InChI=1S/C11H16N2O5S/c12-7-9(16)8(15)5(4-14)18-11(7)13-10(17)6-2-1-3-19-6/h1-3,5,7-9,11,14-16H,4,12H2,(H,13,17)/t5-,7-,8-,9-,11-/m1/s1. The van der Waals surface area contributed by atoms with Crippen LogP contribution in [-0.4, -0.2) is 58.4 Å². The van der Waals surface area contributed by atoms with E-state index < -0.39 is 37.2 Å². The lowest BCUT2D eigenvalue weighted by molar-refractivity contribution is -0.193. The van der Waals surface area contributed by atoms with E-state index in [4.69, 9.17) is 15.6 Å². The summed E-state index contributed by atoms with van der Waals surface area (Å²) >= 11 is 1.26. The van der Waals surface area contributed by atoms with Gasteiger partial charge in [-0.1, -0.05) is 6.07 Å². The first kappa shape index (κ1) is 14.4. The smallest absolute Gasteiger partial charge is 0.263 e. The summed E-state index contributed by atoms with van der Waals surface area (Å²) in [4.78, 5) is 12.3. The number of hydrogen-bond donors (Lipinski definition) is 5. The monoisotopic (exact) mass is 288 g/mol. The molecule has 0 radical (unpaired) electrons. The molecule has 106 valence electrons. The summed E-state index contributed by atoms with van der Waals surface area (Å²) < 4.78 is 5.29. The van der Waals surface area contributed by atoms with Gasteiger partial charge in [-0.15, -0.1) is 11.3 Å². The van der Waals surface area contributed by atoms with Gasteiger partial charge in [-0.25, -0.2) is 0 Å². The molecule has 6 N–H and O–H groups in total. The average molecular weight is 288 g/mol. The van der Waals surface area contributed by atoms with E-state index in [9.17, 15) is 15.0 Å². The van der Waals surface area contributed by atoms with E-state index >= 15 is 0 Å². The number of thiophene rings is 1. The van der Waals surface area contributed by atoms with Crippen molar-refractivity contribution in [1.82, 2.24) is 5.32 Å². The number of aliphatic hydroxyl groups excluding tert-OH is 3. The molecule has 5 atom stereocenters. The quantitative estimate of drug-likeness (QED) is 0.449. The SMILES string of the molecule is N[C@@H]1[C@@H](O)[C@H](O)[C@@H](CO)O[C@H]1NC(=O)c1cccs1. The first-order valence-corrected chi connectivity index (χ1v) is 6.65. The number of carbonyl (C=O) groups excluding carboxylic acids is 1. The van der Waals surface area contributed by atoms with E-state index in [-0.39, 0.29) is 5.91 Å². The molecule has 0 saturated carbocycles. The van der Waals surface area contributed by atoms with Crippen LogP contribution in [0.2, 0.25) is 0 Å². The molecule has 2 rings (SSSR count). The van der Waals surface area contributed by atoms with Crippen molar-refractivity contribution >= 4 is 17.2 Å². The summed E-state index contributed by atoms with van der Waals surface area (Å²) in [5, 5.41) is 32.7. The normalized spacial score (nSPS) is 35.1. The Morgan fingerprint density at radius 3 is 2.79 bits per heavy atom. The molecule has 0 aliphatic carbocycles. The van der Waals surface area contributed by atoms with E-state index in [2.05, 4.69) is 5.32 Å². The largest absolute Gasteiger partial charge is 0.394 e. The number of amides is 1. The maximum atomic E-state index is 11.9. The van der Waals surface area contributed by atoms with Crippen molar-refractivity contribution in [3.8, 4) is 0 Å². The lowest BCUT2D eigenvalue weighted by Crippen LogP contribution is -2.66. The average Bonchev–Trinajstić information content (AvgIpc) is 2.93. The van der Waals surface area contributed by atoms with Gasteiger partial charge in [0.2, 0.25) is 0 Å². The van der Waals surface area contributed by atoms with E-state index in [0.717, 1.165) is 0 Å². The van der Waals surface area contributed by atoms with Crippen LogP contribution in [0.3, 0.4) is 0 Å². The Morgan fingerprint density at radius 1 is 1.47 bits per heavy atom. The second-order valence-corrected chi connectivity index (χ2v) is 5.23. The molecule has 8 heteroatoms. The van der Waals surface area contributed by atoms with Gasteiger partial charge in [0.25, 0.3) is 5.91 Å². The summed E-state index contributed by atoms with van der Waals surface area (Å²) in [6.45, 7) is -0.476. The van der Waals surface area contributed by atoms with Crippen LogP contribution < -0.4 is 11.1 Å². The summed E-state index contributed by atoms with van der Waals surface area (Å²) in [5.41, 5.74) is 5.70. The van der Waals surface area contributed by atoms with Gasteiger partial charge >= 0.3 is 0 Å². The fraction of sp³-hybridized carbons (Fsp3) is 0.545. The summed E-state index contributed by atoms with van der Waals surface area (Å²) in [6, 6.07) is 2.40. The molecular formula is C11H16N2O5S. The highest BCUT2D eigenvalue weighted by atomic mass is 32.1. The lowest BCUT2D eigenvalue weighted by Gasteiger charge is -2.40. The third-order valence-electron chi connectivity index (χ3n) is 2.99. The minimum atomic E-state index is -1.28. The van der Waals surface area contributed by atoms with E-state index in [1.807, 2.05) is 0 Å². The third kappa shape index (κ3) is 2.94. The second-order valence-electron chi connectivity index (χ2n) is 4.29. The third-order valence-corrected chi connectivity index (χ3v) is 3.86. The number of nitrogens with one attached hydrogen (secondary N) is 1. The Kier molecular flexibility index (Phi) is 4.50. The molecule has 1 aliphatic rings. The zero-order chi connectivity index (χ0) is 14.0. The number of ether oxygens (including phenoxy) is 1. The Morgan fingerprint density at radius 2 is 2.21 bits per heavy atom. The zero-order valence-corrected chi connectivity index (χ0v) is 10.8. The van der Waals surface area contributed by atoms with E-state index in [1.54, 1.807) is 17.5 Å². The highest BCUT2D eigenvalue weighted by Gasteiger charge is 2.43. The molecule has 0 aromatic carbocycles. The Balaban J connectivity index is 2.05. The van der Waals surface area contributed by atoms with Crippen LogP contribution in [0.1, 0.15) is 9.67 Å². The number of carbonyl (C=O) groups is 1. The molecule has 0 unspecified atom stereocenters. The highest BCUT2D eigenvalue weighted by molar-refractivity contribution is 7.12. The first-order valence-electron chi connectivity index (χ1n) is 5.77. The molecule has 1 aliphatic heterocycles. The number of hydrogen-bond acceptors (Lipinski definition) is 7. The van der Waals surface area contributed by atoms with Gasteiger partial charge in [-0.05, 0) is 11.4 Å². The minimum Gasteiger partial charge on any atom is -0.394 e. The van der Waals surface area contributed by atoms with Gasteiger partial charge in [0, 0.05) is 0 Å². The molecule has 1 aromatic heterocycles. The van der Waals surface area contributed by atoms with Gasteiger partial charge in [-0.3, -0.25) is 4.79 Å². The van der Waals surface area contributed by atoms with Crippen molar-refractivity contribution in [2.24, 2.45) is 5.73 Å². The zero-order valence-electron chi connectivity index (χ0n) is 9.97. The summed E-state index contributed by atoms with van der Waals surface area (Å²) in [5.74, 6) is -0.379. The molecule has 2 heterocycles. The fourth-order valence-corrected chi connectivity index (χ4v) is 2.50. The Hall–Kier alpha value is -1.03. The van der Waals surface area contributed by atoms with Crippen LogP contribution in [0.5, 0.6) is 0 Å². The van der Waals surface area contributed by atoms with Crippen LogP contribution >= 0.6 is 11.3 Å². The van der Waals surface area contributed by atoms with Crippen molar-refractivity contribution in [2.75, 3.05) is 6.61 Å². The number of nitrogens with two attached hydrogens (primary N) is 1. The molecule has 1 saturated heterocycles. The Bertz CT molecular complexity index is 425. The molecule has 19 heavy (non-hydrogen) atoms. The maximum absolute atomic E-state index is 11.9. The van der Waals surface area contributed by atoms with Gasteiger partial charge in [-0.2, -0.15) is 0 Å². The number of rotatable bonds is 3. The second kappa shape index (κ2) is 5.95. The fourth-order valence-electron chi connectivity index (χ4n) is 1.88. The molecule has 1 aromatic rings. The predicted octanol–water partition coefficient (Wildman–Crippen LogP) is -1.76. The summed E-state index contributed by atoms with van der Waals surface area (Å²) in [7, 11) is 0. The van der Waals surface area contributed by atoms with Crippen LogP contribution in [0.4, 0.5) is 0 Å². The maximum Gasteiger partial charge on any atom is 0.263 e. The van der Waals surface area contributed by atoms with Crippen LogP contribution in [0, 0.1) is 0 Å². The minimum absolute atomic E-state index is 0.379. The van der Waals surface area contributed by atoms with Crippen LogP contribution in [-0.2, 0) is 4.74 Å². The molecule has 7 nitrogen and oxygen atoms in total. The molecule has 0 bridgehead atoms. The summed E-state index contributed by atoms with van der Waals surface area (Å²) in [6.07, 6.45) is -4.51. The van der Waals surface area contributed by atoms with Crippen LogP contribution in [0.15, 0.2) is 17.5 Å². The first-order chi connectivity index (χ1) is 9.04. The van der Waals surface area contributed by atoms with Crippen molar-refractivity contribution in [1.29, 1.82) is 0 Å². The number of aliphatic hydroxyl groups is 3. The topological polar surface area (TPSA) is 125 Å². The van der Waals surface area contributed by atoms with Gasteiger partial charge in [0.05, 0.1) is 17.5 Å². The lowest BCUT2D eigenvalue weighted by atomic mass is 9.97. The predicted molar refractivity (Wildman–Crippen MR) is 67.5 cm³/mol. The molecule has 1 fully saturated rings. The van der Waals surface area contributed by atoms with E-state index in [0.29, 0.717) is 4.88 Å². The molecule has 0 spiro atoms. The molecular weight excluding hydrogens is 272 g/mol. The Labute approximate surface area is 113 Å². The van der Waals surface area contributed by atoms with Gasteiger partial charge in [0.15, 0.2) is 0 Å². The van der Waals surface area contributed by atoms with Crippen LogP contribution in [0.25, 0.3) is 0 Å². The van der Waals surface area contributed by atoms with E-state index in [1.165, 1.54) is 11.3 Å².